The number of carbonyl (C=O) groups is 2. The van der Waals surface area contributed by atoms with Crippen LogP contribution in [-0.2, 0) is 16.2 Å². The molecule has 3 heterocycles. The van der Waals surface area contributed by atoms with Gasteiger partial charge in [0.05, 0.1) is 46.6 Å². The van der Waals surface area contributed by atoms with Crippen LogP contribution in [0.5, 0.6) is 0 Å². The van der Waals surface area contributed by atoms with Crippen LogP contribution < -0.4 is 5.11 Å². The van der Waals surface area contributed by atoms with Crippen molar-refractivity contribution < 1.29 is 24.9 Å². The monoisotopic (exact) mass is 405 g/mol. The molecule has 0 unspecified atom stereocenters. The van der Waals surface area contributed by atoms with Gasteiger partial charge in [-0.3, -0.25) is 4.79 Å². The number of hydrogen-bond donors (Lipinski definition) is 2. The van der Waals surface area contributed by atoms with E-state index in [1.165, 1.54) is 28.0 Å². The highest BCUT2D eigenvalue weighted by Gasteiger charge is 2.58. The summed E-state index contributed by atoms with van der Waals surface area (Å²) in [6.45, 7) is 3.32. The molecule has 4 atom stereocenters. The summed E-state index contributed by atoms with van der Waals surface area (Å²) >= 11 is 2.65. The molecule has 2 aliphatic heterocycles. The number of thiazole rings is 1. The average Bonchev–Trinajstić information content (AvgIpc) is 3.11. The summed E-state index contributed by atoms with van der Waals surface area (Å²) < 4.78 is 1.58. The Labute approximate surface area is 163 Å². The minimum atomic E-state index is -1.40. The fourth-order valence-electron chi connectivity index (χ4n) is 3.84. The number of amides is 1. The zero-order chi connectivity index (χ0) is 19.5. The van der Waals surface area contributed by atoms with Crippen LogP contribution in [0.2, 0.25) is 0 Å². The second kappa shape index (κ2) is 6.59. The van der Waals surface area contributed by atoms with Gasteiger partial charge in [-0.15, -0.1) is 11.3 Å². The van der Waals surface area contributed by atoms with Gasteiger partial charge in [-0.1, -0.05) is 24.8 Å². The molecule has 0 saturated carbocycles. The maximum absolute atomic E-state index is 12.3. The van der Waals surface area contributed by atoms with E-state index in [-0.39, 0.29) is 30.2 Å². The van der Waals surface area contributed by atoms with Gasteiger partial charge >= 0.3 is 0 Å². The molecule has 4 rings (SSSR count). The molecule has 0 bridgehead atoms. The van der Waals surface area contributed by atoms with Crippen molar-refractivity contribution in [3.63, 3.8) is 0 Å². The second-order valence-corrected chi connectivity index (χ2v) is 9.12. The first kappa shape index (κ1) is 18.4. The third kappa shape index (κ3) is 2.77. The van der Waals surface area contributed by atoms with E-state index in [1.807, 2.05) is 19.1 Å². The summed E-state index contributed by atoms with van der Waals surface area (Å²) in [5.74, 6) is -2.61. The fourth-order valence-corrected chi connectivity index (χ4v) is 6.15. The number of fused-ring (bicyclic) bond motifs is 2. The molecular formula is C18H17N2O5S2-. The third-order valence-corrected chi connectivity index (χ3v) is 7.50. The van der Waals surface area contributed by atoms with Gasteiger partial charge in [-0.25, -0.2) is 4.98 Å². The maximum Gasteiger partial charge on any atom is 0.235 e. The lowest BCUT2D eigenvalue weighted by molar-refractivity contribution is -0.301. The third-order valence-electron chi connectivity index (χ3n) is 5.11. The molecule has 1 saturated heterocycles. The lowest BCUT2D eigenvalue weighted by Gasteiger charge is -2.47. The van der Waals surface area contributed by atoms with E-state index in [0.717, 1.165) is 15.8 Å². The first-order valence-electron chi connectivity index (χ1n) is 8.48. The summed E-state index contributed by atoms with van der Waals surface area (Å²) in [5.41, 5.74) is 1.37. The fraction of sp³-hybridized carbons (Fsp3) is 0.389. The van der Waals surface area contributed by atoms with Crippen molar-refractivity contribution in [2.45, 2.75) is 36.9 Å². The number of carboxylic acids is 1. The normalized spacial score (nSPS) is 25.7. The Bertz CT molecular complexity index is 983. The molecule has 0 spiro atoms. The number of aliphatic hydroxyl groups is 2. The molecular weight excluding hydrogens is 388 g/mol. The first-order chi connectivity index (χ1) is 12.8. The van der Waals surface area contributed by atoms with Gasteiger partial charge in [0.2, 0.25) is 5.91 Å². The lowest BCUT2D eigenvalue weighted by Crippen LogP contribution is -2.64. The Hall–Kier alpha value is -1.94. The van der Waals surface area contributed by atoms with Crippen LogP contribution in [0.25, 0.3) is 10.2 Å². The summed E-state index contributed by atoms with van der Waals surface area (Å²) in [7, 11) is 0. The van der Waals surface area contributed by atoms with Gasteiger partial charge in [0, 0.05) is 10.8 Å². The first-order valence-corrected chi connectivity index (χ1v) is 10.1. The van der Waals surface area contributed by atoms with Gasteiger partial charge in [-0.2, -0.15) is 0 Å². The van der Waals surface area contributed by atoms with E-state index in [1.54, 1.807) is 13.0 Å². The van der Waals surface area contributed by atoms with Crippen LogP contribution in [0.1, 0.15) is 19.4 Å². The van der Waals surface area contributed by atoms with Crippen LogP contribution in [0, 0.1) is 11.8 Å². The SMILES string of the molecule is C[C@@H](O)[C@H]1C(=O)N2C(C(=O)[O-])=C(Sc3nc4cc(CO)ccc4s3)[C@H](C)[C@H]12. The van der Waals surface area contributed by atoms with Crippen molar-refractivity contribution in [3.8, 4) is 0 Å². The minimum Gasteiger partial charge on any atom is -0.543 e. The number of aliphatic hydroxyl groups excluding tert-OH is 2. The Balaban J connectivity index is 1.70. The standard InChI is InChI=1S/C18H18N2O5S2/c1-7-13-12(8(2)22)16(23)20(13)14(17(24)25)15(7)27-18-19-10-5-9(6-21)3-4-11(10)26-18/h3-5,7-8,12-13,21-22H,6H2,1-2H3,(H,24,25)/p-1/t7-,8-,12-,13-/m1/s1. The molecule has 142 valence electrons. The van der Waals surface area contributed by atoms with E-state index < -0.39 is 18.0 Å². The Kier molecular flexibility index (Phi) is 4.50. The molecule has 1 amide bonds. The number of β-lactam (4-membered cyclic amide) rings is 1. The number of hydrogen-bond acceptors (Lipinski definition) is 8. The van der Waals surface area contributed by atoms with E-state index in [0.29, 0.717) is 9.24 Å². The zero-order valence-corrected chi connectivity index (χ0v) is 16.2. The number of nitrogens with zero attached hydrogens (tertiary/aromatic N) is 2. The molecule has 27 heavy (non-hydrogen) atoms. The highest BCUT2D eigenvalue weighted by atomic mass is 32.2. The Morgan fingerprint density at radius 3 is 2.85 bits per heavy atom. The smallest absolute Gasteiger partial charge is 0.235 e. The maximum atomic E-state index is 12.3. The molecule has 7 nitrogen and oxygen atoms in total. The van der Waals surface area contributed by atoms with Crippen molar-refractivity contribution in [1.29, 1.82) is 0 Å². The number of aliphatic carboxylic acids is 1. The minimum absolute atomic E-state index is 0.0769. The van der Waals surface area contributed by atoms with Crippen LogP contribution in [0.15, 0.2) is 33.1 Å². The summed E-state index contributed by atoms with van der Waals surface area (Å²) in [6, 6.07) is 5.11. The number of rotatable bonds is 5. The van der Waals surface area contributed by atoms with Gasteiger partial charge < -0.3 is 25.0 Å². The number of thioether (sulfide) groups is 1. The van der Waals surface area contributed by atoms with Crippen LogP contribution in [0.3, 0.4) is 0 Å². The van der Waals surface area contributed by atoms with Gasteiger partial charge in [0.25, 0.3) is 0 Å². The molecule has 0 radical (unpaired) electrons. The van der Waals surface area contributed by atoms with Crippen LogP contribution >= 0.6 is 23.1 Å². The number of aromatic nitrogens is 1. The van der Waals surface area contributed by atoms with Gasteiger partial charge in [-0.05, 0) is 24.6 Å². The van der Waals surface area contributed by atoms with E-state index in [9.17, 15) is 24.9 Å². The quantitative estimate of drug-likeness (QED) is 0.704. The molecule has 1 aromatic heterocycles. The highest BCUT2D eigenvalue weighted by molar-refractivity contribution is 8.04. The lowest BCUT2D eigenvalue weighted by atomic mass is 9.79. The summed E-state index contributed by atoms with van der Waals surface area (Å²) in [4.78, 5) is 30.4. The number of benzene rings is 1. The topological polar surface area (TPSA) is 114 Å². The number of carbonyl (C=O) groups excluding carboxylic acids is 2. The summed E-state index contributed by atoms with van der Waals surface area (Å²) in [5, 5.41) is 30.9. The second-order valence-electron chi connectivity index (χ2n) is 6.80. The average molecular weight is 405 g/mol. The molecule has 1 fully saturated rings. The molecule has 9 heteroatoms. The predicted octanol–water partition coefficient (Wildman–Crippen LogP) is 0.700. The molecule has 0 aliphatic carbocycles. The van der Waals surface area contributed by atoms with Crippen LogP contribution in [-0.4, -0.2) is 44.1 Å². The largest absolute Gasteiger partial charge is 0.543 e. The molecule has 2 aliphatic rings. The molecule has 1 aromatic carbocycles. The van der Waals surface area contributed by atoms with Gasteiger partial charge in [0.1, 0.15) is 0 Å². The predicted molar refractivity (Wildman–Crippen MR) is 98.4 cm³/mol. The van der Waals surface area contributed by atoms with Gasteiger partial charge in [0.15, 0.2) is 4.34 Å². The zero-order valence-electron chi connectivity index (χ0n) is 14.6. The van der Waals surface area contributed by atoms with E-state index in [4.69, 9.17) is 0 Å². The molecule has 2 N–H and O–H groups in total. The van der Waals surface area contributed by atoms with E-state index >= 15 is 0 Å². The van der Waals surface area contributed by atoms with Crippen molar-refractivity contribution in [2.75, 3.05) is 0 Å². The van der Waals surface area contributed by atoms with Crippen LogP contribution in [0.4, 0.5) is 0 Å². The highest BCUT2D eigenvalue weighted by Crippen LogP contribution is 2.52. The number of carboxylic acid groups (broad SMARTS) is 1. The molecule has 2 aromatic rings. The summed E-state index contributed by atoms with van der Waals surface area (Å²) in [6.07, 6.45) is -0.840. The van der Waals surface area contributed by atoms with Crippen molar-refractivity contribution in [1.82, 2.24) is 9.88 Å². The van der Waals surface area contributed by atoms with Crippen molar-refractivity contribution >= 4 is 45.2 Å². The van der Waals surface area contributed by atoms with Crippen molar-refractivity contribution in [3.05, 3.63) is 34.4 Å². The Morgan fingerprint density at radius 1 is 1.48 bits per heavy atom. The van der Waals surface area contributed by atoms with Crippen molar-refractivity contribution in [2.24, 2.45) is 11.8 Å². The van der Waals surface area contributed by atoms with E-state index in [2.05, 4.69) is 4.98 Å². The Morgan fingerprint density at radius 2 is 2.22 bits per heavy atom.